The molecule has 1 aromatic carbocycles. The fourth-order valence-electron chi connectivity index (χ4n) is 4.65. The van der Waals surface area contributed by atoms with Gasteiger partial charge in [-0.1, -0.05) is 70.5 Å². The quantitative estimate of drug-likeness (QED) is 0.140. The Morgan fingerprint density at radius 2 is 1.89 bits per heavy atom. The van der Waals surface area contributed by atoms with Gasteiger partial charge in [-0.05, 0) is 54.4 Å². The Kier molecular flexibility index (Phi) is 12.7. The summed E-state index contributed by atoms with van der Waals surface area (Å²) in [5.41, 5.74) is 2.39. The molecule has 2 rings (SSSR count). The van der Waals surface area contributed by atoms with Crippen molar-refractivity contribution in [3.05, 3.63) is 47.5 Å². The maximum absolute atomic E-state index is 12.7. The molecule has 0 radical (unpaired) electrons. The molecule has 3 atom stereocenters. The third-order valence-electron chi connectivity index (χ3n) is 8.08. The van der Waals surface area contributed by atoms with Gasteiger partial charge in [0.2, 0.25) is 5.91 Å². The van der Waals surface area contributed by atoms with E-state index in [2.05, 4.69) is 77.2 Å². The van der Waals surface area contributed by atoms with Gasteiger partial charge in [-0.2, -0.15) is 0 Å². The molecule has 214 valence electrons. The van der Waals surface area contributed by atoms with Gasteiger partial charge in [0.1, 0.15) is 0 Å². The molecule has 1 aliphatic rings. The van der Waals surface area contributed by atoms with Crippen molar-refractivity contribution in [3.63, 3.8) is 0 Å². The summed E-state index contributed by atoms with van der Waals surface area (Å²) in [5, 5.41) is 0.107. The van der Waals surface area contributed by atoms with Crippen LogP contribution in [0.3, 0.4) is 0 Å². The Morgan fingerprint density at radius 3 is 2.55 bits per heavy atom. The highest BCUT2D eigenvalue weighted by atomic mass is 28.4. The normalized spacial score (nSPS) is 18.3. The monoisotopic (exact) mass is 545 g/mol. The molecular formula is C31H51NO5Si. The fourth-order valence-corrected chi connectivity index (χ4v) is 5.92. The summed E-state index contributed by atoms with van der Waals surface area (Å²) in [6, 6.07) is 8.63. The number of nitrogens with zero attached hydrogens (tertiary/aromatic N) is 1. The van der Waals surface area contributed by atoms with Gasteiger partial charge in [0.05, 0.1) is 25.9 Å². The Hall–Kier alpha value is -1.96. The first-order valence-electron chi connectivity index (χ1n) is 14.2. The van der Waals surface area contributed by atoms with Gasteiger partial charge in [0, 0.05) is 32.9 Å². The molecule has 1 saturated heterocycles. The number of hydrogen-bond donors (Lipinski definition) is 0. The Bertz CT molecular complexity index is 923. The van der Waals surface area contributed by atoms with Crippen molar-refractivity contribution < 1.29 is 23.5 Å². The van der Waals surface area contributed by atoms with Crippen molar-refractivity contribution in [2.75, 3.05) is 20.8 Å². The summed E-state index contributed by atoms with van der Waals surface area (Å²) in [5.74, 6) is 0.527. The molecule has 0 bridgehead atoms. The van der Waals surface area contributed by atoms with Crippen LogP contribution in [0.25, 0.3) is 0 Å². The van der Waals surface area contributed by atoms with Crippen LogP contribution in [0.15, 0.2) is 36.4 Å². The fraction of sp³-hybridized carbons (Fsp3) is 0.677. The van der Waals surface area contributed by atoms with Crippen LogP contribution in [-0.4, -0.2) is 58.0 Å². The molecule has 0 unspecified atom stereocenters. The molecule has 38 heavy (non-hydrogen) atoms. The van der Waals surface area contributed by atoms with E-state index in [0.29, 0.717) is 25.4 Å². The number of carbonyl (C=O) groups excluding carboxylic acids is 2. The number of amides is 1. The lowest BCUT2D eigenvalue weighted by Crippen LogP contribution is -2.44. The number of rotatable bonds is 15. The predicted molar refractivity (Wildman–Crippen MR) is 156 cm³/mol. The van der Waals surface area contributed by atoms with Gasteiger partial charge in [-0.25, -0.2) is 0 Å². The van der Waals surface area contributed by atoms with Crippen LogP contribution < -0.4 is 0 Å². The Morgan fingerprint density at radius 1 is 1.18 bits per heavy atom. The molecule has 0 saturated carbocycles. The van der Waals surface area contributed by atoms with Gasteiger partial charge in [0.15, 0.2) is 8.32 Å². The van der Waals surface area contributed by atoms with E-state index >= 15 is 0 Å². The van der Waals surface area contributed by atoms with E-state index in [4.69, 9.17) is 13.9 Å². The first kappa shape index (κ1) is 32.2. The van der Waals surface area contributed by atoms with Crippen LogP contribution in [0.4, 0.5) is 0 Å². The van der Waals surface area contributed by atoms with E-state index < -0.39 is 8.32 Å². The number of ether oxygens (including phenoxy) is 2. The third-order valence-corrected chi connectivity index (χ3v) is 12.6. The summed E-state index contributed by atoms with van der Waals surface area (Å²) in [4.78, 5) is 26.1. The van der Waals surface area contributed by atoms with E-state index in [1.807, 2.05) is 4.90 Å². The van der Waals surface area contributed by atoms with E-state index in [1.54, 1.807) is 7.11 Å². The maximum atomic E-state index is 12.7. The van der Waals surface area contributed by atoms with E-state index in [1.165, 1.54) is 12.7 Å². The second-order valence-corrected chi connectivity index (χ2v) is 17.1. The molecule has 1 aromatic rings. The van der Waals surface area contributed by atoms with Gasteiger partial charge >= 0.3 is 5.97 Å². The third kappa shape index (κ3) is 10.3. The molecule has 1 amide bonds. The highest BCUT2D eigenvalue weighted by Gasteiger charge is 2.39. The smallest absolute Gasteiger partial charge is 0.305 e. The molecule has 0 N–H and O–H groups in total. The van der Waals surface area contributed by atoms with Crippen molar-refractivity contribution in [1.82, 2.24) is 4.90 Å². The minimum Gasteiger partial charge on any atom is -0.469 e. The van der Waals surface area contributed by atoms with Gasteiger partial charge in [0.25, 0.3) is 0 Å². The van der Waals surface area contributed by atoms with E-state index in [0.717, 1.165) is 44.2 Å². The zero-order valence-electron chi connectivity index (χ0n) is 25.0. The zero-order chi connectivity index (χ0) is 28.3. The summed E-state index contributed by atoms with van der Waals surface area (Å²) >= 11 is 0. The lowest BCUT2D eigenvalue weighted by molar-refractivity contribution is -0.140. The largest absolute Gasteiger partial charge is 0.469 e. The number of methoxy groups -OCH3 is 2. The van der Waals surface area contributed by atoms with Crippen molar-refractivity contribution in [1.29, 1.82) is 0 Å². The first-order chi connectivity index (χ1) is 17.9. The predicted octanol–water partition coefficient (Wildman–Crippen LogP) is 6.68. The first-order valence-corrected chi connectivity index (χ1v) is 17.1. The molecule has 0 aliphatic carbocycles. The minimum atomic E-state index is -2.00. The topological polar surface area (TPSA) is 65.1 Å². The van der Waals surface area contributed by atoms with Crippen LogP contribution in [0.2, 0.25) is 18.1 Å². The van der Waals surface area contributed by atoms with Crippen molar-refractivity contribution in [3.8, 4) is 0 Å². The molecule has 7 heteroatoms. The van der Waals surface area contributed by atoms with Crippen molar-refractivity contribution in [2.24, 2.45) is 5.92 Å². The van der Waals surface area contributed by atoms with Crippen LogP contribution >= 0.6 is 0 Å². The molecular weight excluding hydrogens is 494 g/mol. The molecule has 1 aliphatic heterocycles. The Balaban J connectivity index is 2.10. The summed E-state index contributed by atoms with van der Waals surface area (Å²) in [6.07, 6.45) is 9.78. The maximum Gasteiger partial charge on any atom is 0.305 e. The Labute approximate surface area is 232 Å². The molecule has 0 spiro atoms. The van der Waals surface area contributed by atoms with E-state index in [-0.39, 0.29) is 29.1 Å². The number of hydrogen-bond acceptors (Lipinski definition) is 5. The number of esters is 1. The number of benzene rings is 1. The summed E-state index contributed by atoms with van der Waals surface area (Å²) < 4.78 is 16.9. The number of likely N-dealkylation sites (tertiary alicyclic amines) is 1. The zero-order valence-corrected chi connectivity index (χ0v) is 26.0. The highest BCUT2D eigenvalue weighted by molar-refractivity contribution is 6.74. The van der Waals surface area contributed by atoms with E-state index in [9.17, 15) is 9.59 Å². The van der Waals surface area contributed by atoms with Gasteiger partial charge in [-0.3, -0.25) is 9.59 Å². The average Bonchev–Trinajstić information content (AvgIpc) is 3.19. The number of carbonyl (C=O) groups is 2. The van der Waals surface area contributed by atoms with Gasteiger partial charge < -0.3 is 18.8 Å². The van der Waals surface area contributed by atoms with Crippen LogP contribution in [-0.2, 0) is 36.5 Å². The van der Waals surface area contributed by atoms with Gasteiger partial charge in [-0.15, -0.1) is 0 Å². The minimum absolute atomic E-state index is 0.0523. The molecule has 0 aromatic heterocycles. The van der Waals surface area contributed by atoms with Crippen molar-refractivity contribution in [2.45, 2.75) is 110 Å². The SMILES string of the molecule is COCc1cccc(C[C@@H](/C=C/[C@H]2CCC(=O)N2CC[C@@H](C)CCCC(=O)OC)O[Si](C)(C)C(C)(C)C)c1. The second-order valence-electron chi connectivity index (χ2n) is 12.3. The van der Waals surface area contributed by atoms with Crippen molar-refractivity contribution >= 4 is 20.2 Å². The molecule has 1 heterocycles. The van der Waals surface area contributed by atoms with Crippen LogP contribution in [0.5, 0.6) is 0 Å². The van der Waals surface area contributed by atoms with Crippen LogP contribution in [0.1, 0.15) is 77.3 Å². The molecule has 6 nitrogen and oxygen atoms in total. The lowest BCUT2D eigenvalue weighted by Gasteiger charge is -2.39. The standard InChI is InChI=1S/C31H51NO5Si/c1-24(11-9-14-30(34)36-6)19-20-32-27(16-18-29(32)33)15-17-28(37-38(7,8)31(2,3)4)22-25-12-10-13-26(21-25)23-35-5/h10,12-13,15,17,21,24,27-28H,9,11,14,16,18-20,22-23H2,1-8H3/b17-15+/t24-,27-,28+/m0/s1. The lowest BCUT2D eigenvalue weighted by atomic mass is 10.00. The average molecular weight is 546 g/mol. The summed E-state index contributed by atoms with van der Waals surface area (Å²) in [7, 11) is 1.15. The molecule has 1 fully saturated rings. The summed E-state index contributed by atoms with van der Waals surface area (Å²) in [6.45, 7) is 14.9. The van der Waals surface area contributed by atoms with Crippen LogP contribution in [0, 0.1) is 5.92 Å². The second kappa shape index (κ2) is 15.0. The highest BCUT2D eigenvalue weighted by Crippen LogP contribution is 2.38.